The highest BCUT2D eigenvalue weighted by atomic mass is 16.2. The zero-order valence-electron chi connectivity index (χ0n) is 13.5. The maximum atomic E-state index is 12.0. The molecule has 0 spiro atoms. The lowest BCUT2D eigenvalue weighted by atomic mass is 10.0. The first-order chi connectivity index (χ1) is 9.32. The van der Waals surface area contributed by atoms with Gasteiger partial charge in [-0.3, -0.25) is 4.79 Å². The summed E-state index contributed by atoms with van der Waals surface area (Å²) in [5.41, 5.74) is 1.08. The molecule has 20 heavy (non-hydrogen) atoms. The molecule has 0 saturated carbocycles. The van der Waals surface area contributed by atoms with Crippen molar-refractivity contribution in [2.24, 2.45) is 5.92 Å². The van der Waals surface area contributed by atoms with Gasteiger partial charge in [-0.15, -0.1) is 0 Å². The van der Waals surface area contributed by atoms with Crippen LogP contribution < -0.4 is 10.6 Å². The van der Waals surface area contributed by atoms with Gasteiger partial charge < -0.3 is 15.2 Å². The van der Waals surface area contributed by atoms with E-state index in [1.165, 1.54) is 5.56 Å². The average molecular weight is 279 g/mol. The van der Waals surface area contributed by atoms with E-state index in [0.29, 0.717) is 12.5 Å². The van der Waals surface area contributed by atoms with E-state index in [4.69, 9.17) is 0 Å². The van der Waals surface area contributed by atoms with Crippen LogP contribution in [0.15, 0.2) is 18.5 Å². The van der Waals surface area contributed by atoms with Crippen LogP contribution in [0.5, 0.6) is 0 Å². The zero-order chi connectivity index (χ0) is 15.2. The average Bonchev–Trinajstić information content (AvgIpc) is 2.75. The Morgan fingerprint density at radius 3 is 2.70 bits per heavy atom. The van der Waals surface area contributed by atoms with E-state index >= 15 is 0 Å². The van der Waals surface area contributed by atoms with Gasteiger partial charge in [-0.2, -0.15) is 0 Å². The van der Waals surface area contributed by atoms with Crippen molar-refractivity contribution in [3.63, 3.8) is 0 Å². The molecule has 1 aromatic heterocycles. The third kappa shape index (κ3) is 6.24. The highest BCUT2D eigenvalue weighted by molar-refractivity contribution is 5.76. The summed E-state index contributed by atoms with van der Waals surface area (Å²) in [5.74, 6) is 0.716. The van der Waals surface area contributed by atoms with Crippen LogP contribution >= 0.6 is 0 Å². The molecule has 0 aliphatic carbocycles. The van der Waals surface area contributed by atoms with Crippen molar-refractivity contribution in [2.45, 2.75) is 59.7 Å². The van der Waals surface area contributed by atoms with Gasteiger partial charge in [0.05, 0.1) is 0 Å². The number of nitrogens with one attached hydrogen (secondary N) is 2. The van der Waals surface area contributed by atoms with Crippen LogP contribution in [-0.4, -0.2) is 22.6 Å². The van der Waals surface area contributed by atoms with Crippen molar-refractivity contribution in [2.75, 3.05) is 6.54 Å². The number of nitrogens with zero attached hydrogens (tertiary/aromatic N) is 1. The minimum absolute atomic E-state index is 0.0640. The molecule has 0 fully saturated rings. The predicted molar refractivity (Wildman–Crippen MR) is 83.5 cm³/mol. The van der Waals surface area contributed by atoms with Crippen molar-refractivity contribution >= 4 is 5.91 Å². The second-order valence-electron chi connectivity index (χ2n) is 6.50. The van der Waals surface area contributed by atoms with Crippen LogP contribution in [0, 0.1) is 5.92 Å². The summed E-state index contributed by atoms with van der Waals surface area (Å²) in [7, 11) is 0. The van der Waals surface area contributed by atoms with Gasteiger partial charge in [-0.1, -0.05) is 20.8 Å². The number of carbonyl (C=O) groups is 1. The van der Waals surface area contributed by atoms with Crippen molar-refractivity contribution in [1.29, 1.82) is 0 Å². The fourth-order valence-electron chi connectivity index (χ4n) is 1.87. The smallest absolute Gasteiger partial charge is 0.240 e. The number of amides is 1. The molecule has 0 aliphatic heterocycles. The standard InChI is InChI=1S/C16H29N3O/c1-6-16(4,5)18-15(20)12-19-8-7-14(11-19)10-17-9-13(2)3/h7-8,11,13,17H,6,9-10,12H2,1-5H3,(H,18,20). The molecule has 0 unspecified atom stereocenters. The maximum absolute atomic E-state index is 12.0. The third-order valence-electron chi connectivity index (χ3n) is 3.38. The van der Waals surface area contributed by atoms with E-state index in [-0.39, 0.29) is 11.4 Å². The molecule has 4 nitrogen and oxygen atoms in total. The van der Waals surface area contributed by atoms with Gasteiger partial charge >= 0.3 is 0 Å². The molecule has 0 aliphatic rings. The minimum atomic E-state index is -0.133. The molecular formula is C16H29N3O. The second kappa shape index (κ2) is 7.48. The van der Waals surface area contributed by atoms with Crippen LogP contribution in [0.1, 0.15) is 46.6 Å². The molecule has 0 bridgehead atoms. The number of aromatic nitrogens is 1. The van der Waals surface area contributed by atoms with Crippen LogP contribution in [0.25, 0.3) is 0 Å². The highest BCUT2D eigenvalue weighted by Gasteiger charge is 2.17. The minimum Gasteiger partial charge on any atom is -0.350 e. The Bertz CT molecular complexity index is 421. The number of hydrogen-bond acceptors (Lipinski definition) is 2. The summed E-state index contributed by atoms with van der Waals surface area (Å²) in [6.45, 7) is 12.8. The van der Waals surface area contributed by atoms with E-state index < -0.39 is 0 Å². The third-order valence-corrected chi connectivity index (χ3v) is 3.38. The fraction of sp³-hybridized carbons (Fsp3) is 0.688. The normalized spacial score (nSPS) is 11.9. The Morgan fingerprint density at radius 2 is 2.10 bits per heavy atom. The Labute approximate surface area is 122 Å². The molecule has 2 N–H and O–H groups in total. The molecule has 0 aromatic carbocycles. The van der Waals surface area contributed by atoms with Crippen LogP contribution in [-0.2, 0) is 17.9 Å². The monoisotopic (exact) mass is 279 g/mol. The largest absolute Gasteiger partial charge is 0.350 e. The van der Waals surface area contributed by atoms with Gasteiger partial charge in [0.25, 0.3) is 0 Å². The molecule has 1 aromatic rings. The van der Waals surface area contributed by atoms with Crippen molar-refractivity contribution < 1.29 is 4.79 Å². The second-order valence-corrected chi connectivity index (χ2v) is 6.50. The predicted octanol–water partition coefficient (Wildman–Crippen LogP) is 2.54. The van der Waals surface area contributed by atoms with Gasteiger partial charge in [0.15, 0.2) is 0 Å². The summed E-state index contributed by atoms with van der Waals surface area (Å²) < 4.78 is 1.94. The van der Waals surface area contributed by atoms with Crippen molar-refractivity contribution in [3.05, 3.63) is 24.0 Å². The first-order valence-electron chi connectivity index (χ1n) is 7.49. The van der Waals surface area contributed by atoms with Crippen molar-refractivity contribution in [3.8, 4) is 0 Å². The van der Waals surface area contributed by atoms with Gasteiger partial charge in [-0.25, -0.2) is 0 Å². The van der Waals surface area contributed by atoms with Gasteiger partial charge in [0, 0.05) is 24.5 Å². The Balaban J connectivity index is 2.41. The Kier molecular flexibility index (Phi) is 6.27. The molecule has 0 radical (unpaired) electrons. The number of carbonyl (C=O) groups excluding carboxylic acids is 1. The zero-order valence-corrected chi connectivity index (χ0v) is 13.5. The van der Waals surface area contributed by atoms with E-state index in [0.717, 1.165) is 19.5 Å². The molecule has 0 saturated heterocycles. The summed E-state index contributed by atoms with van der Waals surface area (Å²) in [5, 5.41) is 6.45. The first kappa shape index (κ1) is 16.8. The lowest BCUT2D eigenvalue weighted by molar-refractivity contribution is -0.123. The lowest BCUT2D eigenvalue weighted by Crippen LogP contribution is -2.44. The van der Waals surface area contributed by atoms with E-state index in [1.807, 2.05) is 30.8 Å². The first-order valence-corrected chi connectivity index (χ1v) is 7.49. The van der Waals surface area contributed by atoms with Gasteiger partial charge in [-0.05, 0) is 44.4 Å². The summed E-state index contributed by atoms with van der Waals surface area (Å²) in [4.78, 5) is 12.0. The topological polar surface area (TPSA) is 46.1 Å². The Morgan fingerprint density at radius 1 is 1.40 bits per heavy atom. The maximum Gasteiger partial charge on any atom is 0.240 e. The quantitative estimate of drug-likeness (QED) is 0.768. The van der Waals surface area contributed by atoms with Crippen LogP contribution in [0.4, 0.5) is 0 Å². The summed E-state index contributed by atoms with van der Waals surface area (Å²) in [6.07, 6.45) is 4.92. The van der Waals surface area contributed by atoms with E-state index in [1.54, 1.807) is 0 Å². The van der Waals surface area contributed by atoms with Gasteiger partial charge in [0.1, 0.15) is 6.54 Å². The highest BCUT2D eigenvalue weighted by Crippen LogP contribution is 2.07. The van der Waals surface area contributed by atoms with Gasteiger partial charge in [0.2, 0.25) is 5.91 Å². The molecule has 114 valence electrons. The molecule has 1 amide bonds. The molecular weight excluding hydrogens is 250 g/mol. The molecule has 1 rings (SSSR count). The fourth-order valence-corrected chi connectivity index (χ4v) is 1.87. The van der Waals surface area contributed by atoms with E-state index in [9.17, 15) is 4.79 Å². The van der Waals surface area contributed by atoms with E-state index in [2.05, 4.69) is 37.5 Å². The van der Waals surface area contributed by atoms with Crippen LogP contribution in [0.2, 0.25) is 0 Å². The number of rotatable bonds is 8. The number of hydrogen-bond donors (Lipinski definition) is 2. The molecule has 0 atom stereocenters. The molecule has 1 heterocycles. The SMILES string of the molecule is CCC(C)(C)NC(=O)Cn1ccc(CNCC(C)C)c1. The summed E-state index contributed by atoms with van der Waals surface area (Å²) >= 11 is 0. The molecule has 4 heteroatoms. The lowest BCUT2D eigenvalue weighted by Gasteiger charge is -2.24. The summed E-state index contributed by atoms with van der Waals surface area (Å²) in [6, 6.07) is 2.06. The van der Waals surface area contributed by atoms with Crippen molar-refractivity contribution in [1.82, 2.24) is 15.2 Å². The Hall–Kier alpha value is -1.29. The van der Waals surface area contributed by atoms with Crippen LogP contribution in [0.3, 0.4) is 0 Å².